The molecule has 0 spiro atoms. The van der Waals surface area contributed by atoms with Gasteiger partial charge in [0.15, 0.2) is 0 Å². The highest BCUT2D eigenvalue weighted by Gasteiger charge is 2.41. The van der Waals surface area contributed by atoms with Crippen molar-refractivity contribution in [2.45, 2.75) is 44.6 Å². The number of carbonyl (C=O) groups is 1. The normalized spacial score (nSPS) is 14.1. The van der Waals surface area contributed by atoms with Crippen LogP contribution < -0.4 is 10.9 Å². The fourth-order valence-electron chi connectivity index (χ4n) is 2.81. The van der Waals surface area contributed by atoms with E-state index < -0.39 is 57.8 Å². The lowest BCUT2D eigenvalue weighted by molar-refractivity contribution is -0.140. The van der Waals surface area contributed by atoms with Gasteiger partial charge in [0, 0.05) is 11.1 Å². The number of hydrazine groups is 1. The molecule has 0 aliphatic heterocycles. The largest absolute Gasteiger partial charge is 0.417 e. The van der Waals surface area contributed by atoms with Crippen LogP contribution >= 0.6 is 34.8 Å². The molecule has 3 nitrogen and oxygen atoms in total. The Morgan fingerprint density at radius 1 is 0.943 bits per heavy atom. The maximum absolute atomic E-state index is 14.9. The zero-order valence-corrected chi connectivity index (χ0v) is 20.5. The van der Waals surface area contributed by atoms with Crippen molar-refractivity contribution in [2.24, 2.45) is 0 Å². The molecular weight excluding hydrogens is 548 g/mol. The molecule has 0 aromatic heterocycles. The molecule has 0 saturated heterocycles. The van der Waals surface area contributed by atoms with E-state index in [0.717, 1.165) is 18.2 Å². The maximum Gasteiger partial charge on any atom is 0.417 e. The van der Waals surface area contributed by atoms with Crippen molar-refractivity contribution in [2.75, 3.05) is 0 Å². The number of carbonyl (C=O) groups excluding carboxylic acids is 1. The maximum atomic E-state index is 14.9. The van der Waals surface area contributed by atoms with E-state index in [9.17, 15) is 35.5 Å². The molecule has 1 amide bonds. The molecule has 192 valence electrons. The average molecular weight is 566 g/mol. The third-order valence-electron chi connectivity index (χ3n) is 4.43. The fourth-order valence-corrected chi connectivity index (χ4v) is 3.43. The van der Waals surface area contributed by atoms with Crippen molar-refractivity contribution in [3.63, 3.8) is 0 Å². The first kappa shape index (κ1) is 29.2. The van der Waals surface area contributed by atoms with Crippen LogP contribution in [0.15, 0.2) is 36.4 Å². The summed E-state index contributed by atoms with van der Waals surface area (Å²) in [5, 5.41) is -0.862. The van der Waals surface area contributed by atoms with E-state index in [1.54, 1.807) is 20.8 Å². The Labute approximate surface area is 211 Å². The molecule has 1 atom stereocenters. The first-order valence-corrected chi connectivity index (χ1v) is 10.8. The number of allylic oxidation sites excluding steroid dienone is 1. The third kappa shape index (κ3) is 7.73. The van der Waals surface area contributed by atoms with Crippen LogP contribution in [0.2, 0.25) is 15.1 Å². The minimum absolute atomic E-state index is 0.0896. The Morgan fingerprint density at radius 3 is 1.94 bits per heavy atom. The lowest BCUT2D eigenvalue weighted by atomic mass is 9.95. The van der Waals surface area contributed by atoms with Crippen molar-refractivity contribution in [3.8, 4) is 0 Å². The van der Waals surface area contributed by atoms with Gasteiger partial charge in [0.2, 0.25) is 0 Å². The minimum Gasteiger partial charge on any atom is -0.287 e. The van der Waals surface area contributed by atoms with E-state index in [4.69, 9.17) is 34.8 Å². The van der Waals surface area contributed by atoms with Gasteiger partial charge >= 0.3 is 12.4 Å². The summed E-state index contributed by atoms with van der Waals surface area (Å²) in [4.78, 5) is 12.3. The van der Waals surface area contributed by atoms with Crippen LogP contribution in [0.3, 0.4) is 0 Å². The number of rotatable bonds is 5. The van der Waals surface area contributed by atoms with Crippen LogP contribution in [-0.4, -0.2) is 17.6 Å². The summed E-state index contributed by atoms with van der Waals surface area (Å²) in [5.74, 6) is -5.38. The number of alkyl halides is 6. The van der Waals surface area contributed by atoms with Crippen LogP contribution in [0.25, 0.3) is 5.83 Å². The van der Waals surface area contributed by atoms with Crippen LogP contribution in [0.4, 0.5) is 30.7 Å². The smallest absolute Gasteiger partial charge is 0.287 e. The second-order valence-corrected chi connectivity index (χ2v) is 9.61. The molecule has 2 aromatic carbocycles. The van der Waals surface area contributed by atoms with E-state index in [0.29, 0.717) is 6.07 Å². The molecule has 2 rings (SSSR count). The molecule has 0 aliphatic rings. The zero-order chi connectivity index (χ0) is 26.9. The van der Waals surface area contributed by atoms with Gasteiger partial charge in [-0.3, -0.25) is 10.2 Å². The van der Waals surface area contributed by atoms with Gasteiger partial charge in [-0.25, -0.2) is 9.82 Å². The summed E-state index contributed by atoms with van der Waals surface area (Å²) in [5.41, 5.74) is 0.147. The van der Waals surface area contributed by atoms with Crippen LogP contribution in [0.1, 0.15) is 53.7 Å². The first-order chi connectivity index (χ1) is 15.8. The fraction of sp³-hybridized carbons (Fsp3) is 0.318. The molecule has 0 aliphatic carbocycles. The van der Waals surface area contributed by atoms with Gasteiger partial charge in [0.05, 0.1) is 26.2 Å². The molecule has 0 bridgehead atoms. The highest BCUT2D eigenvalue weighted by molar-refractivity contribution is 6.48. The van der Waals surface area contributed by atoms with E-state index in [2.05, 4.69) is 10.9 Å². The SMILES string of the molecule is CC(C)(C)NNC(=O)c1ccc(C(F)=CC(c2cc(Cl)c(Cl)c(Cl)c2)C(F)(F)F)cc1C(F)(F)F. The standard InChI is InChI=1S/C22H18Cl3F7N2O/c1-20(2,3)34-33-19(35)12-5-4-10(6-14(12)22(30,31)32)17(26)9-13(21(27,28)29)11-7-15(23)18(25)16(24)8-11/h4-9,13,34H,1-3H3,(H,33,35). The molecule has 13 heteroatoms. The van der Waals surface area contributed by atoms with E-state index >= 15 is 0 Å². The Morgan fingerprint density at radius 2 is 1.49 bits per heavy atom. The number of amides is 1. The van der Waals surface area contributed by atoms with Gasteiger partial charge in [0.25, 0.3) is 5.91 Å². The van der Waals surface area contributed by atoms with Gasteiger partial charge in [-0.1, -0.05) is 40.9 Å². The van der Waals surface area contributed by atoms with Gasteiger partial charge in [-0.2, -0.15) is 26.3 Å². The molecular formula is C22H18Cl3F7N2O. The summed E-state index contributed by atoms with van der Waals surface area (Å²) in [6, 6.07) is 3.35. The average Bonchev–Trinajstić information content (AvgIpc) is 2.71. The topological polar surface area (TPSA) is 41.1 Å². The van der Waals surface area contributed by atoms with Crippen LogP contribution in [0.5, 0.6) is 0 Å². The highest BCUT2D eigenvalue weighted by atomic mass is 35.5. The summed E-state index contributed by atoms with van der Waals surface area (Å²) >= 11 is 17.3. The molecule has 0 fully saturated rings. The number of halogens is 10. The molecule has 2 aromatic rings. The first-order valence-electron chi connectivity index (χ1n) is 9.69. The van der Waals surface area contributed by atoms with Gasteiger partial charge in [-0.05, 0) is 56.7 Å². The Kier molecular flexibility index (Phi) is 8.80. The van der Waals surface area contributed by atoms with E-state index in [1.807, 2.05) is 0 Å². The molecule has 0 saturated carbocycles. The molecule has 0 heterocycles. The Bertz CT molecular complexity index is 1120. The monoisotopic (exact) mass is 564 g/mol. The minimum atomic E-state index is -5.11. The Hall–Kier alpha value is -2.01. The molecule has 1 unspecified atom stereocenters. The third-order valence-corrected chi connectivity index (χ3v) is 5.62. The predicted molar refractivity (Wildman–Crippen MR) is 121 cm³/mol. The number of benzene rings is 2. The molecule has 2 N–H and O–H groups in total. The van der Waals surface area contributed by atoms with E-state index in [-0.39, 0.29) is 27.2 Å². The molecule has 35 heavy (non-hydrogen) atoms. The summed E-state index contributed by atoms with van der Waals surface area (Å²) in [6.45, 7) is 4.91. The lowest BCUT2D eigenvalue weighted by Crippen LogP contribution is -2.49. The van der Waals surface area contributed by atoms with Crippen molar-refractivity contribution in [1.29, 1.82) is 0 Å². The number of hydrogen-bond donors (Lipinski definition) is 2. The second-order valence-electron chi connectivity index (χ2n) is 8.42. The number of nitrogens with one attached hydrogen (secondary N) is 2. The summed E-state index contributed by atoms with van der Waals surface area (Å²) in [6.07, 6.45) is -10.1. The highest BCUT2D eigenvalue weighted by Crippen LogP contribution is 2.42. The van der Waals surface area contributed by atoms with Crippen LogP contribution in [-0.2, 0) is 6.18 Å². The second kappa shape index (κ2) is 10.5. The van der Waals surface area contributed by atoms with Crippen LogP contribution in [0, 0.1) is 0 Å². The van der Waals surface area contributed by atoms with Crippen molar-refractivity contribution in [3.05, 3.63) is 73.7 Å². The van der Waals surface area contributed by atoms with Crippen molar-refractivity contribution < 1.29 is 35.5 Å². The molecule has 0 radical (unpaired) electrons. The lowest BCUT2D eigenvalue weighted by Gasteiger charge is -2.22. The summed E-state index contributed by atoms with van der Waals surface area (Å²) in [7, 11) is 0. The number of hydrogen-bond acceptors (Lipinski definition) is 2. The van der Waals surface area contributed by atoms with Gasteiger partial charge in [-0.15, -0.1) is 0 Å². The predicted octanol–water partition coefficient (Wildman–Crippen LogP) is 8.36. The van der Waals surface area contributed by atoms with E-state index in [1.165, 1.54) is 0 Å². The van der Waals surface area contributed by atoms with Crippen molar-refractivity contribution >= 4 is 46.5 Å². The summed E-state index contributed by atoms with van der Waals surface area (Å²) < 4.78 is 96.8. The quantitative estimate of drug-likeness (QED) is 0.217. The van der Waals surface area contributed by atoms with Gasteiger partial charge in [0.1, 0.15) is 11.7 Å². The van der Waals surface area contributed by atoms with Crippen molar-refractivity contribution in [1.82, 2.24) is 10.9 Å². The van der Waals surface area contributed by atoms with Gasteiger partial charge < -0.3 is 0 Å². The Balaban J connectivity index is 2.55. The zero-order valence-electron chi connectivity index (χ0n) is 18.2.